The van der Waals surface area contributed by atoms with Gasteiger partial charge in [0, 0.05) is 25.2 Å². The Morgan fingerprint density at radius 3 is 2.38 bits per heavy atom. The fraction of sp³-hybridized carbons (Fsp3) is 0.350. The van der Waals surface area contributed by atoms with Crippen LogP contribution in [0.25, 0.3) is 0 Å². The molecule has 0 aliphatic carbocycles. The third-order valence-corrected chi connectivity index (χ3v) is 5.54. The number of aryl methyl sites for hydroxylation is 3. The summed E-state index contributed by atoms with van der Waals surface area (Å²) in [5.41, 5.74) is 4.96. The highest BCUT2D eigenvalue weighted by atomic mass is 32.2. The van der Waals surface area contributed by atoms with E-state index in [2.05, 4.69) is 5.32 Å². The minimum Gasteiger partial charge on any atom is -0.326 e. The second-order valence-electron chi connectivity index (χ2n) is 6.68. The van der Waals surface area contributed by atoms with Crippen LogP contribution in [0.1, 0.15) is 28.7 Å². The van der Waals surface area contributed by atoms with Crippen LogP contribution in [0.3, 0.4) is 0 Å². The van der Waals surface area contributed by atoms with Crippen LogP contribution >= 0.6 is 0 Å². The van der Waals surface area contributed by atoms with Gasteiger partial charge in [-0.25, -0.2) is 8.42 Å². The van der Waals surface area contributed by atoms with Gasteiger partial charge < -0.3 is 5.32 Å². The van der Waals surface area contributed by atoms with Gasteiger partial charge in [0.05, 0.1) is 6.26 Å². The summed E-state index contributed by atoms with van der Waals surface area (Å²) in [6.07, 6.45) is 1.27. The molecule has 2 aromatic carbocycles. The monoisotopic (exact) mass is 374 g/mol. The van der Waals surface area contributed by atoms with Gasteiger partial charge in [-0.1, -0.05) is 35.9 Å². The van der Waals surface area contributed by atoms with Gasteiger partial charge in [-0.2, -0.15) is 4.31 Å². The molecule has 2 rings (SSSR count). The van der Waals surface area contributed by atoms with Crippen molar-refractivity contribution in [3.05, 3.63) is 64.7 Å². The van der Waals surface area contributed by atoms with E-state index in [9.17, 15) is 13.2 Å². The maximum Gasteiger partial charge on any atom is 0.225 e. The topological polar surface area (TPSA) is 66.5 Å². The lowest BCUT2D eigenvalue weighted by atomic mass is 10.1. The van der Waals surface area contributed by atoms with Crippen LogP contribution in [0.2, 0.25) is 0 Å². The summed E-state index contributed by atoms with van der Waals surface area (Å²) in [6, 6.07) is 13.4. The van der Waals surface area contributed by atoms with Crippen LogP contribution in [-0.2, 0) is 21.4 Å². The highest BCUT2D eigenvalue weighted by Crippen LogP contribution is 2.15. The van der Waals surface area contributed by atoms with E-state index in [1.54, 1.807) is 0 Å². The molecular weight excluding hydrogens is 348 g/mol. The molecule has 0 bridgehead atoms. The fourth-order valence-electron chi connectivity index (χ4n) is 2.65. The number of anilines is 1. The molecule has 5 nitrogen and oxygen atoms in total. The van der Waals surface area contributed by atoms with E-state index >= 15 is 0 Å². The molecule has 0 saturated heterocycles. The highest BCUT2D eigenvalue weighted by molar-refractivity contribution is 7.88. The molecule has 0 atom stereocenters. The van der Waals surface area contributed by atoms with Crippen molar-refractivity contribution in [2.45, 2.75) is 33.7 Å². The van der Waals surface area contributed by atoms with Crippen molar-refractivity contribution >= 4 is 21.6 Å². The molecule has 2 aromatic rings. The predicted octanol–water partition coefficient (Wildman–Crippen LogP) is 3.40. The largest absolute Gasteiger partial charge is 0.326 e. The van der Waals surface area contributed by atoms with Gasteiger partial charge in [0.25, 0.3) is 0 Å². The molecule has 0 aliphatic rings. The van der Waals surface area contributed by atoms with E-state index < -0.39 is 10.0 Å². The third kappa shape index (κ3) is 5.97. The van der Waals surface area contributed by atoms with Gasteiger partial charge in [-0.05, 0) is 49.6 Å². The Hall–Kier alpha value is -2.18. The minimum absolute atomic E-state index is 0.103. The number of rotatable bonds is 7. The standard InChI is InChI=1S/C20H26N2O3S/c1-15-6-5-7-18(12-15)14-22(26(4,24)25)11-10-20(23)21-19-9-8-16(2)17(3)13-19/h5-9,12-13H,10-11,14H2,1-4H3,(H,21,23). The smallest absolute Gasteiger partial charge is 0.225 e. The van der Waals surface area contributed by atoms with Crippen LogP contribution in [0.5, 0.6) is 0 Å². The van der Waals surface area contributed by atoms with Crippen molar-refractivity contribution in [2.24, 2.45) is 0 Å². The van der Waals surface area contributed by atoms with E-state index in [1.807, 2.05) is 63.2 Å². The molecular formula is C20H26N2O3S. The van der Waals surface area contributed by atoms with Crippen LogP contribution in [0.4, 0.5) is 5.69 Å². The van der Waals surface area contributed by atoms with Gasteiger partial charge in [0.2, 0.25) is 15.9 Å². The maximum atomic E-state index is 12.2. The highest BCUT2D eigenvalue weighted by Gasteiger charge is 2.18. The van der Waals surface area contributed by atoms with Crippen LogP contribution in [0, 0.1) is 20.8 Å². The van der Waals surface area contributed by atoms with E-state index in [0.717, 1.165) is 27.9 Å². The molecule has 0 heterocycles. The molecule has 0 saturated carbocycles. The van der Waals surface area contributed by atoms with Gasteiger partial charge in [0.15, 0.2) is 0 Å². The number of hydrogen-bond donors (Lipinski definition) is 1. The van der Waals surface area contributed by atoms with Crippen LogP contribution in [0.15, 0.2) is 42.5 Å². The number of sulfonamides is 1. The Morgan fingerprint density at radius 2 is 1.77 bits per heavy atom. The fourth-order valence-corrected chi connectivity index (χ4v) is 3.45. The zero-order chi connectivity index (χ0) is 19.3. The quantitative estimate of drug-likeness (QED) is 0.808. The molecule has 0 unspecified atom stereocenters. The number of carbonyl (C=O) groups is 1. The Labute approximate surface area is 156 Å². The Kier molecular flexibility index (Phi) is 6.56. The summed E-state index contributed by atoms with van der Waals surface area (Å²) in [6.45, 7) is 6.36. The first-order chi connectivity index (χ1) is 12.1. The van der Waals surface area contributed by atoms with Crippen molar-refractivity contribution < 1.29 is 13.2 Å². The van der Waals surface area contributed by atoms with Gasteiger partial charge >= 0.3 is 0 Å². The lowest BCUT2D eigenvalue weighted by molar-refractivity contribution is -0.116. The third-order valence-electron chi connectivity index (χ3n) is 4.29. The van der Waals surface area contributed by atoms with Gasteiger partial charge in [0.1, 0.15) is 0 Å². The van der Waals surface area contributed by atoms with Crippen molar-refractivity contribution in [2.75, 3.05) is 18.1 Å². The molecule has 0 spiro atoms. The second kappa shape index (κ2) is 8.47. The molecule has 0 aromatic heterocycles. The number of nitrogens with one attached hydrogen (secondary N) is 1. The molecule has 0 fully saturated rings. The summed E-state index contributed by atoms with van der Waals surface area (Å²) in [5, 5.41) is 2.83. The Balaban J connectivity index is 2.00. The summed E-state index contributed by atoms with van der Waals surface area (Å²) in [7, 11) is -3.40. The molecule has 0 radical (unpaired) electrons. The normalized spacial score (nSPS) is 11.6. The molecule has 1 N–H and O–H groups in total. The van der Waals surface area contributed by atoms with Crippen molar-refractivity contribution in [3.8, 4) is 0 Å². The van der Waals surface area contributed by atoms with Gasteiger partial charge in [-0.15, -0.1) is 0 Å². The molecule has 1 amide bonds. The molecule has 6 heteroatoms. The SMILES string of the molecule is Cc1cccc(CN(CCC(=O)Nc2ccc(C)c(C)c2)S(C)(=O)=O)c1. The molecule has 140 valence electrons. The second-order valence-corrected chi connectivity index (χ2v) is 8.67. The lowest BCUT2D eigenvalue weighted by Crippen LogP contribution is -2.32. The zero-order valence-corrected chi connectivity index (χ0v) is 16.6. The lowest BCUT2D eigenvalue weighted by Gasteiger charge is -2.20. The summed E-state index contributed by atoms with van der Waals surface area (Å²) >= 11 is 0. The number of nitrogens with zero attached hydrogens (tertiary/aromatic N) is 1. The summed E-state index contributed by atoms with van der Waals surface area (Å²) in [5.74, 6) is -0.203. The summed E-state index contributed by atoms with van der Waals surface area (Å²) < 4.78 is 25.5. The summed E-state index contributed by atoms with van der Waals surface area (Å²) in [4.78, 5) is 12.2. The molecule has 0 aliphatic heterocycles. The van der Waals surface area contributed by atoms with E-state index in [0.29, 0.717) is 0 Å². The van der Waals surface area contributed by atoms with E-state index in [-0.39, 0.29) is 25.4 Å². The average molecular weight is 375 g/mol. The first-order valence-electron chi connectivity index (χ1n) is 8.53. The number of carbonyl (C=O) groups excluding carboxylic acids is 1. The first kappa shape index (κ1) is 20.1. The Bertz CT molecular complexity index is 892. The number of amides is 1. The minimum atomic E-state index is -3.40. The Morgan fingerprint density at radius 1 is 1.04 bits per heavy atom. The van der Waals surface area contributed by atoms with Crippen LogP contribution < -0.4 is 5.32 Å². The van der Waals surface area contributed by atoms with Gasteiger partial charge in [-0.3, -0.25) is 4.79 Å². The first-order valence-corrected chi connectivity index (χ1v) is 10.4. The van der Waals surface area contributed by atoms with Crippen LogP contribution in [-0.4, -0.2) is 31.4 Å². The number of hydrogen-bond acceptors (Lipinski definition) is 3. The van der Waals surface area contributed by atoms with E-state index in [1.165, 1.54) is 10.6 Å². The maximum absolute atomic E-state index is 12.2. The van der Waals surface area contributed by atoms with E-state index in [4.69, 9.17) is 0 Å². The predicted molar refractivity (Wildman–Crippen MR) is 106 cm³/mol. The van der Waals surface area contributed by atoms with Crippen molar-refractivity contribution in [3.63, 3.8) is 0 Å². The zero-order valence-electron chi connectivity index (χ0n) is 15.7. The van der Waals surface area contributed by atoms with Crippen molar-refractivity contribution in [1.29, 1.82) is 0 Å². The average Bonchev–Trinajstić information content (AvgIpc) is 2.54. The molecule has 26 heavy (non-hydrogen) atoms. The van der Waals surface area contributed by atoms with Crippen molar-refractivity contribution in [1.82, 2.24) is 4.31 Å². The number of benzene rings is 2.